The molecule has 0 spiro atoms. The average Bonchev–Trinajstić information content (AvgIpc) is 2.76. The van der Waals surface area contributed by atoms with Crippen LogP contribution in [0.1, 0.15) is 42.4 Å². The van der Waals surface area contributed by atoms with E-state index in [-0.39, 0.29) is 5.91 Å². The number of aryl methyl sites for hydroxylation is 1. The first-order chi connectivity index (χ1) is 9.16. The fourth-order valence-electron chi connectivity index (χ4n) is 3.22. The maximum atomic E-state index is 12.2. The summed E-state index contributed by atoms with van der Waals surface area (Å²) in [6.45, 7) is 7.10. The van der Waals surface area contributed by atoms with Crippen LogP contribution in [0.3, 0.4) is 0 Å². The lowest BCUT2D eigenvalue weighted by atomic mass is 9.97. The number of aromatic nitrogens is 2. The lowest BCUT2D eigenvalue weighted by Crippen LogP contribution is -2.63. The molecule has 2 saturated heterocycles. The molecule has 2 aliphatic rings. The van der Waals surface area contributed by atoms with E-state index in [1.165, 1.54) is 25.8 Å². The van der Waals surface area contributed by atoms with Crippen molar-refractivity contribution in [2.24, 2.45) is 0 Å². The van der Waals surface area contributed by atoms with Crippen LogP contribution in [0.5, 0.6) is 0 Å². The summed E-state index contributed by atoms with van der Waals surface area (Å²) in [6, 6.07) is 1.22. The monoisotopic (exact) mass is 262 g/mol. The third kappa shape index (κ3) is 2.27. The van der Waals surface area contributed by atoms with Gasteiger partial charge in [-0.2, -0.15) is 0 Å². The third-order valence-electron chi connectivity index (χ3n) is 4.51. The van der Waals surface area contributed by atoms with E-state index in [1.54, 1.807) is 6.33 Å². The maximum absolute atomic E-state index is 12.2. The van der Waals surface area contributed by atoms with E-state index in [9.17, 15) is 4.79 Å². The Balaban J connectivity index is 1.58. The van der Waals surface area contributed by atoms with Gasteiger partial charge in [0.1, 0.15) is 5.69 Å². The molecule has 0 saturated carbocycles. The number of carbonyl (C=O) groups excluding carboxylic acids is 1. The Morgan fingerprint density at radius 1 is 1.42 bits per heavy atom. The highest BCUT2D eigenvalue weighted by atomic mass is 16.2. The highest BCUT2D eigenvalue weighted by Gasteiger charge is 2.38. The van der Waals surface area contributed by atoms with Gasteiger partial charge in [-0.25, -0.2) is 4.98 Å². The number of H-pyrrole nitrogens is 1. The molecule has 1 aromatic heterocycles. The van der Waals surface area contributed by atoms with Crippen molar-refractivity contribution in [3.05, 3.63) is 17.7 Å². The first kappa shape index (κ1) is 12.7. The van der Waals surface area contributed by atoms with Crippen LogP contribution in [-0.4, -0.2) is 57.4 Å². The Bertz CT molecular complexity index is 464. The van der Waals surface area contributed by atoms with Gasteiger partial charge in [-0.05, 0) is 33.2 Å². The van der Waals surface area contributed by atoms with Crippen LogP contribution in [0, 0.1) is 6.92 Å². The van der Waals surface area contributed by atoms with Crippen molar-refractivity contribution in [3.8, 4) is 0 Å². The summed E-state index contributed by atoms with van der Waals surface area (Å²) in [5, 5.41) is 0. The van der Waals surface area contributed by atoms with Gasteiger partial charge in [0.05, 0.1) is 6.33 Å². The van der Waals surface area contributed by atoms with Gasteiger partial charge in [-0.3, -0.25) is 9.69 Å². The second-order valence-electron chi connectivity index (χ2n) is 5.82. The number of hydrogen-bond donors (Lipinski definition) is 1. The van der Waals surface area contributed by atoms with Gasteiger partial charge in [-0.15, -0.1) is 0 Å². The minimum Gasteiger partial charge on any atom is -0.348 e. The van der Waals surface area contributed by atoms with Crippen LogP contribution in [0.4, 0.5) is 0 Å². The molecule has 1 aromatic rings. The van der Waals surface area contributed by atoms with Crippen molar-refractivity contribution in [1.82, 2.24) is 19.8 Å². The van der Waals surface area contributed by atoms with Crippen molar-refractivity contribution in [2.75, 3.05) is 19.6 Å². The minimum absolute atomic E-state index is 0.0691. The van der Waals surface area contributed by atoms with Crippen LogP contribution in [0.25, 0.3) is 0 Å². The molecule has 5 nitrogen and oxygen atoms in total. The van der Waals surface area contributed by atoms with Gasteiger partial charge in [0.15, 0.2) is 0 Å². The Labute approximate surface area is 114 Å². The first-order valence-corrected chi connectivity index (χ1v) is 7.22. The summed E-state index contributed by atoms with van der Waals surface area (Å²) >= 11 is 0. The molecular weight excluding hydrogens is 240 g/mol. The number of rotatable bonds is 2. The van der Waals surface area contributed by atoms with Crippen LogP contribution < -0.4 is 0 Å². The zero-order chi connectivity index (χ0) is 13.4. The molecule has 0 aromatic carbocycles. The first-order valence-electron chi connectivity index (χ1n) is 7.22. The Morgan fingerprint density at radius 2 is 2.21 bits per heavy atom. The fraction of sp³-hybridized carbons (Fsp3) is 0.714. The fourth-order valence-corrected chi connectivity index (χ4v) is 3.22. The Kier molecular flexibility index (Phi) is 3.31. The van der Waals surface area contributed by atoms with Crippen molar-refractivity contribution in [1.29, 1.82) is 0 Å². The van der Waals surface area contributed by atoms with E-state index in [4.69, 9.17) is 0 Å². The number of likely N-dealkylation sites (tertiary alicyclic amines) is 2. The predicted octanol–water partition coefficient (Wildman–Crippen LogP) is 1.42. The predicted molar refractivity (Wildman–Crippen MR) is 73.0 cm³/mol. The van der Waals surface area contributed by atoms with Crippen LogP contribution >= 0.6 is 0 Å². The second-order valence-corrected chi connectivity index (χ2v) is 5.82. The molecule has 2 aliphatic heterocycles. The Morgan fingerprint density at radius 3 is 2.84 bits per heavy atom. The molecule has 1 amide bonds. The molecule has 5 heteroatoms. The SMILES string of the molecule is Cc1[nH]cnc1C(=O)N1CC(N2CCCC[C@@H]2C)C1. The number of imidazole rings is 1. The number of carbonyl (C=O) groups is 1. The molecule has 3 rings (SSSR count). The minimum atomic E-state index is 0.0691. The van der Waals surface area contributed by atoms with Gasteiger partial charge in [0.25, 0.3) is 5.91 Å². The molecule has 104 valence electrons. The zero-order valence-electron chi connectivity index (χ0n) is 11.7. The number of hydrogen-bond acceptors (Lipinski definition) is 3. The van der Waals surface area contributed by atoms with Crippen molar-refractivity contribution in [3.63, 3.8) is 0 Å². The molecule has 0 aliphatic carbocycles. The average molecular weight is 262 g/mol. The molecule has 2 fully saturated rings. The zero-order valence-corrected chi connectivity index (χ0v) is 11.7. The van der Waals surface area contributed by atoms with Gasteiger partial charge in [-0.1, -0.05) is 6.42 Å². The van der Waals surface area contributed by atoms with Crippen LogP contribution in [-0.2, 0) is 0 Å². The van der Waals surface area contributed by atoms with Gasteiger partial charge in [0, 0.05) is 30.9 Å². The standard InChI is InChI=1S/C14H22N4O/c1-10-5-3-4-6-18(10)12-7-17(8-12)14(19)13-11(2)15-9-16-13/h9-10,12H,3-8H2,1-2H3,(H,15,16)/t10-/m0/s1. The van der Waals surface area contributed by atoms with E-state index in [0.717, 1.165) is 18.8 Å². The van der Waals surface area contributed by atoms with Crippen molar-refractivity contribution < 1.29 is 4.79 Å². The topological polar surface area (TPSA) is 52.2 Å². The van der Waals surface area contributed by atoms with Gasteiger partial charge < -0.3 is 9.88 Å². The normalized spacial score (nSPS) is 25.4. The summed E-state index contributed by atoms with van der Waals surface area (Å²) in [4.78, 5) is 23.8. The molecule has 1 N–H and O–H groups in total. The van der Waals surface area contributed by atoms with E-state index in [0.29, 0.717) is 17.8 Å². The molecule has 1 atom stereocenters. The highest BCUT2D eigenvalue weighted by Crippen LogP contribution is 2.25. The van der Waals surface area contributed by atoms with E-state index in [1.807, 2.05) is 11.8 Å². The molecule has 0 unspecified atom stereocenters. The molecule has 0 radical (unpaired) electrons. The number of piperidine rings is 1. The lowest BCUT2D eigenvalue weighted by molar-refractivity contribution is 0.00180. The van der Waals surface area contributed by atoms with Crippen LogP contribution in [0.2, 0.25) is 0 Å². The smallest absolute Gasteiger partial charge is 0.274 e. The summed E-state index contributed by atoms with van der Waals surface area (Å²) in [5.74, 6) is 0.0691. The van der Waals surface area contributed by atoms with Crippen molar-refractivity contribution in [2.45, 2.75) is 45.2 Å². The number of nitrogens with one attached hydrogen (secondary N) is 1. The summed E-state index contributed by atoms with van der Waals surface area (Å²) < 4.78 is 0. The third-order valence-corrected chi connectivity index (χ3v) is 4.51. The lowest BCUT2D eigenvalue weighted by Gasteiger charge is -2.49. The van der Waals surface area contributed by atoms with Crippen LogP contribution in [0.15, 0.2) is 6.33 Å². The molecule has 3 heterocycles. The summed E-state index contributed by atoms with van der Waals surface area (Å²) in [6.07, 6.45) is 5.53. The van der Waals surface area contributed by atoms with E-state index in [2.05, 4.69) is 21.8 Å². The summed E-state index contributed by atoms with van der Waals surface area (Å²) in [7, 11) is 0. The maximum Gasteiger partial charge on any atom is 0.274 e. The van der Waals surface area contributed by atoms with Gasteiger partial charge in [0.2, 0.25) is 0 Å². The number of amides is 1. The Hall–Kier alpha value is -1.36. The molecule has 19 heavy (non-hydrogen) atoms. The van der Waals surface area contributed by atoms with Gasteiger partial charge >= 0.3 is 0 Å². The highest BCUT2D eigenvalue weighted by molar-refractivity contribution is 5.93. The van der Waals surface area contributed by atoms with E-state index < -0.39 is 0 Å². The quantitative estimate of drug-likeness (QED) is 0.877. The molecule has 0 bridgehead atoms. The number of nitrogens with zero attached hydrogens (tertiary/aromatic N) is 3. The molecular formula is C14H22N4O. The number of aromatic amines is 1. The summed E-state index contributed by atoms with van der Waals surface area (Å²) in [5.41, 5.74) is 1.44. The van der Waals surface area contributed by atoms with Crippen molar-refractivity contribution >= 4 is 5.91 Å². The van der Waals surface area contributed by atoms with E-state index >= 15 is 0 Å². The largest absolute Gasteiger partial charge is 0.348 e. The second kappa shape index (κ2) is 4.96.